The summed E-state index contributed by atoms with van der Waals surface area (Å²) in [6.45, 7) is 0. The fraction of sp³-hybridized carbons (Fsp3) is 0. The van der Waals surface area contributed by atoms with Crippen molar-refractivity contribution in [3.8, 4) is 11.1 Å². The van der Waals surface area contributed by atoms with E-state index in [1.54, 1.807) is 36.4 Å². The molecule has 0 saturated carbocycles. The Morgan fingerprint density at radius 2 is 1.92 bits per heavy atom. The number of guanidine groups is 1. The van der Waals surface area contributed by atoms with E-state index >= 15 is 0 Å². The van der Waals surface area contributed by atoms with E-state index in [1.807, 2.05) is 0 Å². The van der Waals surface area contributed by atoms with Crippen LogP contribution in [-0.4, -0.2) is 16.9 Å². The first-order chi connectivity index (χ1) is 11.5. The van der Waals surface area contributed by atoms with Crippen LogP contribution in [0.5, 0.6) is 0 Å². The number of aromatic nitrogens is 1. The lowest BCUT2D eigenvalue weighted by Gasteiger charge is -2.10. The summed E-state index contributed by atoms with van der Waals surface area (Å²) in [5.41, 5.74) is 12.1. The lowest BCUT2D eigenvalue weighted by atomic mass is 9.99. The summed E-state index contributed by atoms with van der Waals surface area (Å²) in [6, 6.07) is 11.0. The number of pyridine rings is 1. The average molecular weight is 343 g/mol. The molecule has 0 bridgehead atoms. The zero-order valence-corrected chi connectivity index (χ0v) is 13.1. The molecule has 0 aliphatic carbocycles. The van der Waals surface area contributed by atoms with Crippen LogP contribution in [-0.2, 0) is 0 Å². The maximum absolute atomic E-state index is 14.2. The van der Waals surface area contributed by atoms with E-state index in [4.69, 9.17) is 23.1 Å². The maximum atomic E-state index is 14.2. The third-order valence-corrected chi connectivity index (χ3v) is 3.73. The summed E-state index contributed by atoms with van der Waals surface area (Å²) in [5.74, 6) is -1.36. The number of fused-ring (bicyclic) bond motifs is 1. The van der Waals surface area contributed by atoms with E-state index in [-0.39, 0.29) is 16.5 Å². The number of benzene rings is 2. The molecule has 1 heterocycles. The number of carbonyl (C=O) groups excluding carboxylic acids is 1. The van der Waals surface area contributed by atoms with Gasteiger partial charge in [-0.2, -0.15) is 4.99 Å². The molecule has 120 valence electrons. The molecule has 2 aromatic carbocycles. The van der Waals surface area contributed by atoms with Crippen molar-refractivity contribution in [3.05, 3.63) is 65.1 Å². The summed E-state index contributed by atoms with van der Waals surface area (Å²) in [7, 11) is 0. The van der Waals surface area contributed by atoms with Crippen LogP contribution >= 0.6 is 11.6 Å². The van der Waals surface area contributed by atoms with Gasteiger partial charge in [-0.3, -0.25) is 9.78 Å². The second-order valence-corrected chi connectivity index (χ2v) is 5.44. The zero-order chi connectivity index (χ0) is 17.3. The van der Waals surface area contributed by atoms with E-state index in [0.717, 1.165) is 0 Å². The van der Waals surface area contributed by atoms with Gasteiger partial charge >= 0.3 is 0 Å². The minimum Gasteiger partial charge on any atom is -0.370 e. The quantitative estimate of drug-likeness (QED) is 0.552. The van der Waals surface area contributed by atoms with Crippen LogP contribution in [0.3, 0.4) is 0 Å². The smallest absolute Gasteiger partial charge is 0.280 e. The fourth-order valence-electron chi connectivity index (χ4n) is 2.42. The molecule has 24 heavy (non-hydrogen) atoms. The van der Waals surface area contributed by atoms with Gasteiger partial charge in [-0.1, -0.05) is 29.8 Å². The summed E-state index contributed by atoms with van der Waals surface area (Å²) in [6.07, 6.45) is 1.45. The van der Waals surface area contributed by atoms with Gasteiger partial charge in [0.25, 0.3) is 5.91 Å². The molecule has 0 radical (unpaired) electrons. The predicted octanol–water partition coefficient (Wildman–Crippen LogP) is 3.11. The first-order valence-electron chi connectivity index (χ1n) is 6.94. The Kier molecular flexibility index (Phi) is 4.14. The topological polar surface area (TPSA) is 94.4 Å². The third-order valence-electron chi connectivity index (χ3n) is 3.44. The Morgan fingerprint density at radius 1 is 1.17 bits per heavy atom. The van der Waals surface area contributed by atoms with E-state index in [0.29, 0.717) is 22.0 Å². The predicted molar refractivity (Wildman–Crippen MR) is 92.3 cm³/mol. The number of hydrogen-bond acceptors (Lipinski definition) is 2. The van der Waals surface area contributed by atoms with Gasteiger partial charge in [-0.25, -0.2) is 4.39 Å². The average Bonchev–Trinajstić information content (AvgIpc) is 2.54. The minimum atomic E-state index is -0.601. The maximum Gasteiger partial charge on any atom is 0.280 e. The van der Waals surface area contributed by atoms with Gasteiger partial charge in [0.1, 0.15) is 5.82 Å². The molecule has 0 aliphatic rings. The SMILES string of the molecule is NC(N)=NC(=O)c1ccc2ncc(Cl)c(-c3ccccc3F)c2c1. The molecule has 0 unspecified atom stereocenters. The van der Waals surface area contributed by atoms with Gasteiger partial charge in [0.15, 0.2) is 5.96 Å². The highest BCUT2D eigenvalue weighted by atomic mass is 35.5. The summed E-state index contributed by atoms with van der Waals surface area (Å²) < 4.78 is 14.2. The molecule has 0 saturated heterocycles. The highest BCUT2D eigenvalue weighted by Crippen LogP contribution is 2.35. The molecule has 4 N–H and O–H groups in total. The van der Waals surface area contributed by atoms with Crippen LogP contribution in [0.15, 0.2) is 53.7 Å². The Morgan fingerprint density at radius 3 is 2.62 bits per heavy atom. The Hall–Kier alpha value is -2.99. The van der Waals surface area contributed by atoms with Gasteiger partial charge < -0.3 is 11.5 Å². The lowest BCUT2D eigenvalue weighted by Crippen LogP contribution is -2.24. The second-order valence-electron chi connectivity index (χ2n) is 5.03. The van der Waals surface area contributed by atoms with Crippen LogP contribution in [0, 0.1) is 5.82 Å². The molecular formula is C17H12ClFN4O. The molecule has 7 heteroatoms. The Balaban J connectivity index is 2.29. The van der Waals surface area contributed by atoms with Crippen molar-refractivity contribution in [1.29, 1.82) is 0 Å². The van der Waals surface area contributed by atoms with E-state index in [1.165, 1.54) is 12.3 Å². The summed E-state index contributed by atoms with van der Waals surface area (Å²) in [4.78, 5) is 19.7. The number of hydrogen-bond donors (Lipinski definition) is 2. The normalized spacial score (nSPS) is 10.6. The zero-order valence-electron chi connectivity index (χ0n) is 12.3. The molecule has 5 nitrogen and oxygen atoms in total. The molecule has 0 fully saturated rings. The molecule has 0 aliphatic heterocycles. The van der Waals surface area contributed by atoms with Crippen LogP contribution < -0.4 is 11.5 Å². The number of carbonyl (C=O) groups is 1. The van der Waals surface area contributed by atoms with E-state index in [2.05, 4.69) is 9.98 Å². The minimum absolute atomic E-state index is 0.248. The number of halogens is 2. The third kappa shape index (κ3) is 2.91. The number of aliphatic imine (C=N–C) groups is 1. The number of nitrogens with two attached hydrogens (primary N) is 2. The monoisotopic (exact) mass is 342 g/mol. The van der Waals surface area contributed by atoms with Crippen LogP contribution in [0.4, 0.5) is 4.39 Å². The highest BCUT2D eigenvalue weighted by molar-refractivity contribution is 6.34. The largest absolute Gasteiger partial charge is 0.370 e. The van der Waals surface area contributed by atoms with Gasteiger partial charge in [0.2, 0.25) is 0 Å². The van der Waals surface area contributed by atoms with E-state index < -0.39 is 11.7 Å². The van der Waals surface area contributed by atoms with Gasteiger partial charge in [0.05, 0.1) is 10.5 Å². The van der Waals surface area contributed by atoms with Crippen molar-refractivity contribution in [3.63, 3.8) is 0 Å². The summed E-state index contributed by atoms with van der Waals surface area (Å²) >= 11 is 6.24. The second kappa shape index (κ2) is 6.25. The van der Waals surface area contributed by atoms with Crippen LogP contribution in [0.1, 0.15) is 10.4 Å². The highest BCUT2D eigenvalue weighted by Gasteiger charge is 2.15. The lowest BCUT2D eigenvalue weighted by molar-refractivity contribution is 0.100. The first-order valence-corrected chi connectivity index (χ1v) is 7.32. The van der Waals surface area contributed by atoms with Crippen molar-refractivity contribution in [2.45, 2.75) is 0 Å². The fourth-order valence-corrected chi connectivity index (χ4v) is 2.67. The van der Waals surface area contributed by atoms with Crippen molar-refractivity contribution in [2.75, 3.05) is 0 Å². The van der Waals surface area contributed by atoms with Crippen molar-refractivity contribution < 1.29 is 9.18 Å². The Labute approximate surface area is 141 Å². The molecular weight excluding hydrogens is 331 g/mol. The molecule has 0 spiro atoms. The molecule has 3 aromatic rings. The van der Waals surface area contributed by atoms with Gasteiger partial charge in [0, 0.05) is 28.3 Å². The summed E-state index contributed by atoms with van der Waals surface area (Å²) in [5, 5.41) is 0.809. The van der Waals surface area contributed by atoms with Crippen LogP contribution in [0.2, 0.25) is 5.02 Å². The number of amides is 1. The number of nitrogens with zero attached hydrogens (tertiary/aromatic N) is 2. The molecule has 3 rings (SSSR count). The molecule has 1 amide bonds. The molecule has 0 atom stereocenters. The molecule has 1 aromatic heterocycles. The van der Waals surface area contributed by atoms with E-state index in [9.17, 15) is 9.18 Å². The number of rotatable bonds is 2. The Bertz CT molecular complexity index is 983. The van der Waals surface area contributed by atoms with Gasteiger partial charge in [-0.05, 0) is 24.3 Å². The van der Waals surface area contributed by atoms with Crippen LogP contribution in [0.25, 0.3) is 22.0 Å². The van der Waals surface area contributed by atoms with Crippen molar-refractivity contribution in [2.24, 2.45) is 16.5 Å². The van der Waals surface area contributed by atoms with Gasteiger partial charge in [-0.15, -0.1) is 0 Å². The van der Waals surface area contributed by atoms with Crippen molar-refractivity contribution in [1.82, 2.24) is 4.98 Å². The standard InChI is InChI=1S/C17H12ClFN4O/c18-12-8-22-14-6-5-9(16(24)23-17(20)21)7-11(14)15(12)10-3-1-2-4-13(10)19/h1-8H,(H4,20,21,23,24). The first kappa shape index (κ1) is 15.9. The van der Waals surface area contributed by atoms with Crippen molar-refractivity contribution >= 4 is 34.4 Å².